The van der Waals surface area contributed by atoms with E-state index in [0.717, 1.165) is 17.2 Å². The van der Waals surface area contributed by atoms with Crippen molar-refractivity contribution in [1.82, 2.24) is 34.9 Å². The molecule has 0 amide bonds. The number of aromatic nitrogens is 6. The van der Waals surface area contributed by atoms with E-state index >= 15 is 0 Å². The lowest BCUT2D eigenvalue weighted by atomic mass is 10.3. The number of aryl methyl sites for hydroxylation is 1. The highest BCUT2D eigenvalue weighted by molar-refractivity contribution is 5.37. The molecule has 7 heteroatoms. The SMILES string of the molecule is CC(NCc1cn(C)nn1)c1nnc2ccccn12. The van der Waals surface area contributed by atoms with E-state index < -0.39 is 0 Å². The average Bonchev–Trinajstić information content (AvgIpc) is 3.02. The summed E-state index contributed by atoms with van der Waals surface area (Å²) in [5, 5.41) is 19.7. The molecule has 3 heterocycles. The van der Waals surface area contributed by atoms with E-state index in [1.807, 2.05) is 42.0 Å². The van der Waals surface area contributed by atoms with Gasteiger partial charge < -0.3 is 5.32 Å². The molecule has 0 bridgehead atoms. The lowest BCUT2D eigenvalue weighted by Gasteiger charge is -2.10. The summed E-state index contributed by atoms with van der Waals surface area (Å²) in [4.78, 5) is 0. The Kier molecular flexibility index (Phi) is 2.96. The lowest BCUT2D eigenvalue weighted by molar-refractivity contribution is 0.535. The van der Waals surface area contributed by atoms with Crippen LogP contribution in [0.25, 0.3) is 5.65 Å². The summed E-state index contributed by atoms with van der Waals surface area (Å²) in [6, 6.07) is 5.94. The lowest BCUT2D eigenvalue weighted by Crippen LogP contribution is -2.20. The Hall–Kier alpha value is -2.28. The monoisotopic (exact) mass is 257 g/mol. The topological polar surface area (TPSA) is 72.9 Å². The number of pyridine rings is 1. The first-order valence-electron chi connectivity index (χ1n) is 6.12. The quantitative estimate of drug-likeness (QED) is 0.745. The standard InChI is InChI=1S/C12H15N7/c1-9(13-7-10-8-18(2)17-14-10)12-16-15-11-5-3-4-6-19(11)12/h3-6,8-9,13H,7H2,1-2H3. The van der Waals surface area contributed by atoms with Gasteiger partial charge >= 0.3 is 0 Å². The first kappa shape index (κ1) is 11.8. The summed E-state index contributed by atoms with van der Waals surface area (Å²) in [5.74, 6) is 0.888. The summed E-state index contributed by atoms with van der Waals surface area (Å²) >= 11 is 0. The molecule has 3 rings (SSSR count). The van der Waals surface area contributed by atoms with E-state index in [0.29, 0.717) is 6.54 Å². The molecule has 0 spiro atoms. The molecule has 19 heavy (non-hydrogen) atoms. The summed E-state index contributed by atoms with van der Waals surface area (Å²) in [6.07, 6.45) is 3.85. The number of nitrogens with zero attached hydrogens (tertiary/aromatic N) is 6. The molecule has 3 aromatic heterocycles. The van der Waals surface area contributed by atoms with Gasteiger partial charge in [-0.15, -0.1) is 15.3 Å². The Bertz CT molecular complexity index is 684. The van der Waals surface area contributed by atoms with Crippen molar-refractivity contribution in [2.24, 2.45) is 7.05 Å². The highest BCUT2D eigenvalue weighted by atomic mass is 15.4. The zero-order valence-corrected chi connectivity index (χ0v) is 10.9. The van der Waals surface area contributed by atoms with Crippen molar-refractivity contribution in [3.05, 3.63) is 42.1 Å². The molecule has 1 N–H and O–H groups in total. The van der Waals surface area contributed by atoms with Crippen molar-refractivity contribution in [2.45, 2.75) is 19.5 Å². The first-order valence-corrected chi connectivity index (χ1v) is 6.12. The third-order valence-corrected chi connectivity index (χ3v) is 2.97. The third kappa shape index (κ3) is 2.32. The molecule has 0 saturated heterocycles. The Morgan fingerprint density at radius 1 is 1.26 bits per heavy atom. The first-order chi connectivity index (χ1) is 9.24. The molecule has 98 valence electrons. The molecule has 0 aromatic carbocycles. The second-order valence-electron chi connectivity index (χ2n) is 4.47. The molecule has 1 unspecified atom stereocenters. The average molecular weight is 257 g/mol. The molecule has 3 aromatic rings. The van der Waals surface area contributed by atoms with Crippen LogP contribution in [0, 0.1) is 0 Å². The van der Waals surface area contributed by atoms with Crippen molar-refractivity contribution in [1.29, 1.82) is 0 Å². The fourth-order valence-electron chi connectivity index (χ4n) is 1.98. The van der Waals surface area contributed by atoms with Crippen molar-refractivity contribution < 1.29 is 0 Å². The molecule has 1 atom stereocenters. The van der Waals surface area contributed by atoms with Gasteiger partial charge in [0.15, 0.2) is 11.5 Å². The molecule has 0 aliphatic heterocycles. The van der Waals surface area contributed by atoms with Gasteiger partial charge in [-0.25, -0.2) is 0 Å². The van der Waals surface area contributed by atoms with Gasteiger partial charge in [-0.2, -0.15) is 0 Å². The van der Waals surface area contributed by atoms with Crippen LogP contribution in [0.1, 0.15) is 24.5 Å². The zero-order valence-electron chi connectivity index (χ0n) is 10.9. The number of rotatable bonds is 4. The number of fused-ring (bicyclic) bond motifs is 1. The van der Waals surface area contributed by atoms with Crippen LogP contribution in [0.15, 0.2) is 30.6 Å². The van der Waals surface area contributed by atoms with E-state index in [2.05, 4.69) is 32.7 Å². The van der Waals surface area contributed by atoms with Crippen LogP contribution in [0.4, 0.5) is 0 Å². The van der Waals surface area contributed by atoms with Gasteiger partial charge in [0.1, 0.15) is 0 Å². The number of hydrogen-bond donors (Lipinski definition) is 1. The van der Waals surface area contributed by atoms with Crippen LogP contribution < -0.4 is 5.32 Å². The minimum absolute atomic E-state index is 0.0828. The largest absolute Gasteiger partial charge is 0.302 e. The van der Waals surface area contributed by atoms with Crippen LogP contribution in [0.5, 0.6) is 0 Å². The van der Waals surface area contributed by atoms with Crippen molar-refractivity contribution in [3.63, 3.8) is 0 Å². The third-order valence-electron chi connectivity index (χ3n) is 2.97. The van der Waals surface area contributed by atoms with Crippen LogP contribution in [-0.2, 0) is 13.6 Å². The molecular formula is C12H15N7. The molecule has 0 radical (unpaired) electrons. The Morgan fingerprint density at radius 2 is 2.16 bits per heavy atom. The predicted molar refractivity (Wildman–Crippen MR) is 69.2 cm³/mol. The number of hydrogen-bond acceptors (Lipinski definition) is 5. The number of nitrogens with one attached hydrogen (secondary N) is 1. The Labute approximate surface area is 110 Å². The van der Waals surface area contributed by atoms with E-state index in [1.54, 1.807) is 4.68 Å². The zero-order chi connectivity index (χ0) is 13.2. The summed E-state index contributed by atoms with van der Waals surface area (Å²) in [7, 11) is 1.85. The van der Waals surface area contributed by atoms with E-state index in [4.69, 9.17) is 0 Å². The van der Waals surface area contributed by atoms with E-state index in [-0.39, 0.29) is 6.04 Å². The van der Waals surface area contributed by atoms with Gasteiger partial charge in [-0.05, 0) is 19.1 Å². The highest BCUT2D eigenvalue weighted by Gasteiger charge is 2.13. The van der Waals surface area contributed by atoms with Crippen molar-refractivity contribution in [3.8, 4) is 0 Å². The minimum Gasteiger partial charge on any atom is -0.302 e. The fourth-order valence-corrected chi connectivity index (χ4v) is 1.98. The summed E-state index contributed by atoms with van der Waals surface area (Å²) in [5.41, 5.74) is 1.76. The van der Waals surface area contributed by atoms with Gasteiger partial charge in [-0.3, -0.25) is 9.08 Å². The van der Waals surface area contributed by atoms with Gasteiger partial charge in [0.2, 0.25) is 0 Å². The fraction of sp³-hybridized carbons (Fsp3) is 0.333. The van der Waals surface area contributed by atoms with Crippen LogP contribution in [0.2, 0.25) is 0 Å². The maximum Gasteiger partial charge on any atom is 0.160 e. The summed E-state index contributed by atoms with van der Waals surface area (Å²) in [6.45, 7) is 2.70. The van der Waals surface area contributed by atoms with Gasteiger partial charge in [0, 0.05) is 26.0 Å². The van der Waals surface area contributed by atoms with Crippen molar-refractivity contribution in [2.75, 3.05) is 0 Å². The maximum atomic E-state index is 4.22. The summed E-state index contributed by atoms with van der Waals surface area (Å²) < 4.78 is 3.67. The molecule has 0 fully saturated rings. The van der Waals surface area contributed by atoms with E-state index in [1.165, 1.54) is 0 Å². The second-order valence-corrected chi connectivity index (χ2v) is 4.47. The van der Waals surface area contributed by atoms with Crippen LogP contribution in [0.3, 0.4) is 0 Å². The van der Waals surface area contributed by atoms with Crippen LogP contribution in [-0.4, -0.2) is 29.6 Å². The van der Waals surface area contributed by atoms with Gasteiger partial charge in [-0.1, -0.05) is 11.3 Å². The highest BCUT2D eigenvalue weighted by Crippen LogP contribution is 2.12. The second kappa shape index (κ2) is 4.77. The molecule has 7 nitrogen and oxygen atoms in total. The van der Waals surface area contributed by atoms with Gasteiger partial charge in [0.25, 0.3) is 0 Å². The maximum absolute atomic E-state index is 4.22. The van der Waals surface area contributed by atoms with Crippen LogP contribution >= 0.6 is 0 Å². The van der Waals surface area contributed by atoms with Crippen molar-refractivity contribution >= 4 is 5.65 Å². The molecule has 0 saturated carbocycles. The Balaban J connectivity index is 1.75. The molecular weight excluding hydrogens is 242 g/mol. The Morgan fingerprint density at radius 3 is 2.95 bits per heavy atom. The van der Waals surface area contributed by atoms with Gasteiger partial charge in [0.05, 0.1) is 11.7 Å². The smallest absolute Gasteiger partial charge is 0.160 e. The molecule has 0 aliphatic carbocycles. The molecule has 0 aliphatic rings. The minimum atomic E-state index is 0.0828. The predicted octanol–water partition coefficient (Wildman–Crippen LogP) is 0.709. The normalized spacial score (nSPS) is 12.9. The van der Waals surface area contributed by atoms with E-state index in [9.17, 15) is 0 Å².